The molecule has 0 aliphatic heterocycles. The third-order valence-corrected chi connectivity index (χ3v) is 4.56. The molecule has 0 spiro atoms. The van der Waals surface area contributed by atoms with Crippen LogP contribution in [-0.4, -0.2) is 27.1 Å². The van der Waals surface area contributed by atoms with Gasteiger partial charge in [0.1, 0.15) is 0 Å². The zero-order valence-electron chi connectivity index (χ0n) is 12.6. The molecule has 0 fully saturated rings. The van der Waals surface area contributed by atoms with Gasteiger partial charge in [-0.25, -0.2) is 8.42 Å². The van der Waals surface area contributed by atoms with Crippen molar-refractivity contribution in [3.8, 4) is 0 Å². The van der Waals surface area contributed by atoms with E-state index in [2.05, 4.69) is 5.32 Å². The molecular formula is C16H17ClN2O3S. The maximum atomic E-state index is 12.0. The Kier molecular flexibility index (Phi) is 5.63. The highest BCUT2D eigenvalue weighted by molar-refractivity contribution is 7.92. The Hall–Kier alpha value is -2.05. The maximum absolute atomic E-state index is 12.0. The van der Waals surface area contributed by atoms with Crippen LogP contribution in [0.4, 0.5) is 11.4 Å². The molecule has 0 saturated carbocycles. The zero-order chi connectivity index (χ0) is 16.9. The number of nitrogens with one attached hydrogen (secondary N) is 1. The Morgan fingerprint density at radius 3 is 2.26 bits per heavy atom. The number of amides is 1. The van der Waals surface area contributed by atoms with Gasteiger partial charge in [-0.3, -0.25) is 9.10 Å². The summed E-state index contributed by atoms with van der Waals surface area (Å²) >= 11 is 5.78. The van der Waals surface area contributed by atoms with Gasteiger partial charge >= 0.3 is 0 Å². The first-order valence-corrected chi connectivity index (χ1v) is 9.17. The molecule has 0 unspecified atom stereocenters. The molecule has 2 aromatic rings. The molecule has 0 bridgehead atoms. The molecule has 0 aliphatic carbocycles. The summed E-state index contributed by atoms with van der Waals surface area (Å²) in [4.78, 5) is 12.0. The number of anilines is 2. The molecule has 1 N–H and O–H groups in total. The first-order valence-electron chi connectivity index (χ1n) is 6.94. The molecule has 2 rings (SSSR count). The highest BCUT2D eigenvalue weighted by Crippen LogP contribution is 2.18. The highest BCUT2D eigenvalue weighted by atomic mass is 35.5. The van der Waals surface area contributed by atoms with Crippen molar-refractivity contribution >= 4 is 38.9 Å². The number of halogens is 1. The van der Waals surface area contributed by atoms with E-state index in [-0.39, 0.29) is 18.9 Å². The number of hydrogen-bond donors (Lipinski definition) is 1. The second-order valence-corrected chi connectivity index (χ2v) is 7.32. The minimum absolute atomic E-state index is 0.0462. The summed E-state index contributed by atoms with van der Waals surface area (Å²) in [6, 6.07) is 15.4. The molecule has 7 heteroatoms. The standard InChI is InChI=1S/C16H17ClN2O3S/c1-23(21,22)19(15-5-3-2-4-6-15)12-11-16(20)18-14-9-7-13(17)8-10-14/h2-10H,11-12H2,1H3,(H,18,20). The number of hydrogen-bond acceptors (Lipinski definition) is 3. The molecule has 0 atom stereocenters. The quantitative estimate of drug-likeness (QED) is 0.868. The lowest BCUT2D eigenvalue weighted by Crippen LogP contribution is -2.32. The van der Waals surface area contributed by atoms with E-state index in [1.54, 1.807) is 54.6 Å². The van der Waals surface area contributed by atoms with E-state index in [1.165, 1.54) is 4.31 Å². The number of rotatable bonds is 6. The van der Waals surface area contributed by atoms with Crippen LogP contribution in [0.15, 0.2) is 54.6 Å². The van der Waals surface area contributed by atoms with Gasteiger partial charge in [0.05, 0.1) is 11.9 Å². The van der Waals surface area contributed by atoms with Crippen LogP contribution in [0.25, 0.3) is 0 Å². The Labute approximate surface area is 140 Å². The molecule has 0 heterocycles. The fraction of sp³-hybridized carbons (Fsp3) is 0.188. The van der Waals surface area contributed by atoms with E-state index in [9.17, 15) is 13.2 Å². The molecule has 2 aromatic carbocycles. The molecule has 122 valence electrons. The van der Waals surface area contributed by atoms with Gasteiger partial charge in [-0.15, -0.1) is 0 Å². The summed E-state index contributed by atoms with van der Waals surface area (Å²) in [5.41, 5.74) is 1.15. The third-order valence-electron chi connectivity index (χ3n) is 3.11. The first kappa shape index (κ1) is 17.3. The first-order chi connectivity index (χ1) is 10.9. The topological polar surface area (TPSA) is 66.5 Å². The average molecular weight is 353 g/mol. The largest absolute Gasteiger partial charge is 0.326 e. The van der Waals surface area contributed by atoms with Crippen LogP contribution in [0.1, 0.15) is 6.42 Å². The van der Waals surface area contributed by atoms with E-state index in [1.807, 2.05) is 0 Å². The summed E-state index contributed by atoms with van der Waals surface area (Å²) in [6.07, 6.45) is 1.17. The molecule has 1 amide bonds. The van der Waals surface area contributed by atoms with Crippen molar-refractivity contribution in [2.24, 2.45) is 0 Å². The van der Waals surface area contributed by atoms with Gasteiger partial charge in [-0.1, -0.05) is 29.8 Å². The second kappa shape index (κ2) is 7.48. The Balaban J connectivity index is 2.01. The van der Waals surface area contributed by atoms with Crippen molar-refractivity contribution in [3.63, 3.8) is 0 Å². The minimum atomic E-state index is -3.46. The fourth-order valence-corrected chi connectivity index (χ4v) is 3.09. The lowest BCUT2D eigenvalue weighted by Gasteiger charge is -2.22. The number of nitrogens with zero attached hydrogens (tertiary/aromatic N) is 1. The van der Waals surface area contributed by atoms with E-state index in [4.69, 9.17) is 11.6 Å². The van der Waals surface area contributed by atoms with Crippen LogP contribution >= 0.6 is 11.6 Å². The number of benzene rings is 2. The summed E-state index contributed by atoms with van der Waals surface area (Å²) in [5, 5.41) is 3.29. The Morgan fingerprint density at radius 2 is 1.70 bits per heavy atom. The predicted molar refractivity (Wildman–Crippen MR) is 93.3 cm³/mol. The number of carbonyl (C=O) groups is 1. The van der Waals surface area contributed by atoms with Crippen LogP contribution in [-0.2, 0) is 14.8 Å². The van der Waals surface area contributed by atoms with Crippen molar-refractivity contribution in [2.75, 3.05) is 22.4 Å². The minimum Gasteiger partial charge on any atom is -0.326 e. The second-order valence-electron chi connectivity index (χ2n) is 4.98. The van der Waals surface area contributed by atoms with Gasteiger partial charge in [-0.05, 0) is 36.4 Å². The monoisotopic (exact) mass is 352 g/mol. The smallest absolute Gasteiger partial charge is 0.232 e. The van der Waals surface area contributed by atoms with Crippen molar-refractivity contribution in [3.05, 3.63) is 59.6 Å². The summed E-state index contributed by atoms with van der Waals surface area (Å²) in [5.74, 6) is -0.267. The van der Waals surface area contributed by atoms with Crippen LogP contribution in [0.5, 0.6) is 0 Å². The van der Waals surface area contributed by atoms with Crippen LogP contribution in [0.3, 0.4) is 0 Å². The molecule has 0 radical (unpaired) electrons. The summed E-state index contributed by atoms with van der Waals surface area (Å²) in [7, 11) is -3.46. The van der Waals surface area contributed by atoms with E-state index < -0.39 is 10.0 Å². The normalized spacial score (nSPS) is 11.0. The fourth-order valence-electron chi connectivity index (χ4n) is 2.04. The van der Waals surface area contributed by atoms with Gasteiger partial charge in [0.15, 0.2) is 0 Å². The van der Waals surface area contributed by atoms with Gasteiger partial charge in [0, 0.05) is 23.7 Å². The molecule has 0 saturated heterocycles. The van der Waals surface area contributed by atoms with Crippen LogP contribution < -0.4 is 9.62 Å². The lowest BCUT2D eigenvalue weighted by atomic mass is 10.3. The molecular weight excluding hydrogens is 336 g/mol. The van der Waals surface area contributed by atoms with Crippen molar-refractivity contribution in [1.82, 2.24) is 0 Å². The van der Waals surface area contributed by atoms with Gasteiger partial charge < -0.3 is 5.32 Å². The summed E-state index contributed by atoms with van der Waals surface area (Å²) in [6.45, 7) is 0.0717. The van der Waals surface area contributed by atoms with Crippen molar-refractivity contribution in [1.29, 1.82) is 0 Å². The number of sulfonamides is 1. The van der Waals surface area contributed by atoms with E-state index in [0.29, 0.717) is 16.4 Å². The number of para-hydroxylation sites is 1. The van der Waals surface area contributed by atoms with E-state index >= 15 is 0 Å². The number of carbonyl (C=O) groups excluding carboxylic acids is 1. The average Bonchev–Trinajstić information content (AvgIpc) is 2.49. The van der Waals surface area contributed by atoms with E-state index in [0.717, 1.165) is 6.26 Å². The molecule has 5 nitrogen and oxygen atoms in total. The SMILES string of the molecule is CS(=O)(=O)N(CCC(=O)Nc1ccc(Cl)cc1)c1ccccc1. The van der Waals surface area contributed by atoms with Crippen molar-refractivity contribution < 1.29 is 13.2 Å². The lowest BCUT2D eigenvalue weighted by molar-refractivity contribution is -0.116. The summed E-state index contributed by atoms with van der Waals surface area (Å²) < 4.78 is 25.1. The molecule has 23 heavy (non-hydrogen) atoms. The highest BCUT2D eigenvalue weighted by Gasteiger charge is 2.18. The molecule has 0 aliphatic rings. The Morgan fingerprint density at radius 1 is 1.09 bits per heavy atom. The van der Waals surface area contributed by atoms with Gasteiger partial charge in [0.25, 0.3) is 0 Å². The maximum Gasteiger partial charge on any atom is 0.232 e. The van der Waals surface area contributed by atoms with Crippen molar-refractivity contribution in [2.45, 2.75) is 6.42 Å². The van der Waals surface area contributed by atoms with Crippen LogP contribution in [0, 0.1) is 0 Å². The zero-order valence-corrected chi connectivity index (χ0v) is 14.1. The van der Waals surface area contributed by atoms with Gasteiger partial charge in [0.2, 0.25) is 15.9 Å². The Bertz CT molecular complexity index is 762. The predicted octanol–water partition coefficient (Wildman–Crippen LogP) is 3.13. The molecule has 0 aromatic heterocycles. The third kappa shape index (κ3) is 5.26. The van der Waals surface area contributed by atoms with Gasteiger partial charge in [-0.2, -0.15) is 0 Å². The van der Waals surface area contributed by atoms with Crippen LogP contribution in [0.2, 0.25) is 5.02 Å².